The van der Waals surface area contributed by atoms with E-state index in [1.54, 1.807) is 44.8 Å². The molecule has 1 heterocycles. The van der Waals surface area contributed by atoms with Crippen molar-refractivity contribution in [2.75, 3.05) is 21.3 Å². The zero-order valence-corrected chi connectivity index (χ0v) is 20.6. The summed E-state index contributed by atoms with van der Waals surface area (Å²) in [5, 5.41) is 24.7. The van der Waals surface area contributed by atoms with Gasteiger partial charge in [0, 0.05) is 0 Å². The van der Waals surface area contributed by atoms with Crippen LogP contribution in [0, 0.1) is 5.92 Å². The molecule has 2 atom stereocenters. The van der Waals surface area contributed by atoms with Crippen molar-refractivity contribution in [1.82, 2.24) is 0 Å². The van der Waals surface area contributed by atoms with Gasteiger partial charge in [0.1, 0.15) is 0 Å². The first-order valence-electron chi connectivity index (χ1n) is 11.2. The van der Waals surface area contributed by atoms with Gasteiger partial charge in [-0.1, -0.05) is 24.3 Å². The molecule has 1 unspecified atom stereocenters. The van der Waals surface area contributed by atoms with Crippen molar-refractivity contribution in [3.63, 3.8) is 0 Å². The van der Waals surface area contributed by atoms with Crippen molar-refractivity contribution in [3.8, 4) is 17.2 Å². The van der Waals surface area contributed by atoms with Crippen LogP contribution in [0.5, 0.6) is 17.2 Å². The number of aliphatic carboxylic acids is 1. The number of carboxylic acid groups (broad SMARTS) is 1. The normalized spacial score (nSPS) is 12.7. The minimum Gasteiger partial charge on any atom is -0.493 e. The van der Waals surface area contributed by atoms with Gasteiger partial charge in [0.2, 0.25) is 5.75 Å². The SMILES string of the molecule is COc1cc(C(O)[C@H](CCCc2ccsc2)Cc2ccc(CC(=O)O)cc2)cc(OC)c1OC. The molecule has 2 N–H and O–H groups in total. The monoisotopic (exact) mass is 484 g/mol. The van der Waals surface area contributed by atoms with Crippen LogP contribution >= 0.6 is 11.3 Å². The topological polar surface area (TPSA) is 85.2 Å². The number of rotatable bonds is 13. The van der Waals surface area contributed by atoms with E-state index in [4.69, 9.17) is 19.3 Å². The molecule has 1 aromatic heterocycles. The third kappa shape index (κ3) is 6.74. The number of methoxy groups -OCH3 is 3. The molecule has 0 radical (unpaired) electrons. The average molecular weight is 485 g/mol. The highest BCUT2D eigenvalue weighted by molar-refractivity contribution is 7.07. The van der Waals surface area contributed by atoms with E-state index in [2.05, 4.69) is 16.8 Å². The molecule has 0 spiro atoms. The fourth-order valence-electron chi connectivity index (χ4n) is 4.19. The lowest BCUT2D eigenvalue weighted by Gasteiger charge is -2.25. The van der Waals surface area contributed by atoms with Gasteiger partial charge in [0.05, 0.1) is 33.9 Å². The summed E-state index contributed by atoms with van der Waals surface area (Å²) in [5.41, 5.74) is 3.83. The molecule has 2 aromatic carbocycles. The van der Waals surface area contributed by atoms with Gasteiger partial charge < -0.3 is 24.4 Å². The van der Waals surface area contributed by atoms with Crippen LogP contribution in [0.1, 0.15) is 41.2 Å². The average Bonchev–Trinajstić information content (AvgIpc) is 3.36. The number of aryl methyl sites for hydroxylation is 1. The first-order chi connectivity index (χ1) is 16.4. The van der Waals surface area contributed by atoms with E-state index in [0.717, 1.165) is 30.4 Å². The molecule has 0 saturated carbocycles. The van der Waals surface area contributed by atoms with E-state index in [0.29, 0.717) is 29.2 Å². The van der Waals surface area contributed by atoms with Crippen molar-refractivity contribution >= 4 is 17.3 Å². The molecule has 0 bridgehead atoms. The molecule has 182 valence electrons. The number of carbonyl (C=O) groups is 1. The number of aliphatic hydroxyl groups excluding tert-OH is 1. The lowest BCUT2D eigenvalue weighted by atomic mass is 9.85. The van der Waals surface area contributed by atoms with Crippen LogP contribution in [-0.4, -0.2) is 37.5 Å². The first kappa shape index (κ1) is 25.6. The van der Waals surface area contributed by atoms with Crippen molar-refractivity contribution in [1.29, 1.82) is 0 Å². The highest BCUT2D eigenvalue weighted by Gasteiger charge is 2.25. The molecule has 3 rings (SSSR count). The lowest BCUT2D eigenvalue weighted by molar-refractivity contribution is -0.136. The molecule has 6 nitrogen and oxygen atoms in total. The number of thiophene rings is 1. The Morgan fingerprint density at radius 2 is 1.59 bits per heavy atom. The molecular formula is C27H32O6S. The molecule has 0 amide bonds. The molecule has 0 saturated heterocycles. The van der Waals surface area contributed by atoms with Gasteiger partial charge in [0.25, 0.3) is 0 Å². The van der Waals surface area contributed by atoms with Crippen LogP contribution < -0.4 is 14.2 Å². The predicted octanol–water partition coefficient (Wildman–Crippen LogP) is 5.32. The number of carboxylic acids is 1. The van der Waals surface area contributed by atoms with Crippen LogP contribution in [0.15, 0.2) is 53.2 Å². The minimum atomic E-state index is -0.850. The van der Waals surface area contributed by atoms with E-state index >= 15 is 0 Å². The summed E-state index contributed by atoms with van der Waals surface area (Å²) in [5.74, 6) is 0.601. The summed E-state index contributed by atoms with van der Waals surface area (Å²) in [6.45, 7) is 0. The molecule has 0 aliphatic carbocycles. The molecule has 0 aliphatic heterocycles. The number of aliphatic hydroxyl groups is 1. The Balaban J connectivity index is 1.83. The van der Waals surface area contributed by atoms with E-state index in [1.807, 2.05) is 24.3 Å². The van der Waals surface area contributed by atoms with E-state index < -0.39 is 12.1 Å². The fraction of sp³-hybridized carbons (Fsp3) is 0.370. The summed E-state index contributed by atoms with van der Waals surface area (Å²) in [6, 6.07) is 13.3. The number of hydrogen-bond acceptors (Lipinski definition) is 6. The van der Waals surface area contributed by atoms with Gasteiger partial charge in [-0.05, 0) is 82.8 Å². The standard InChI is InChI=1S/C27H32O6S/c1-31-23-15-22(16-24(32-2)27(23)33-3)26(30)21(6-4-5-20-11-12-34-17-20)13-18-7-9-19(10-8-18)14-25(28)29/h7-12,15-17,21,26,30H,4-6,13-14H2,1-3H3,(H,28,29)/t21-,26?/m1/s1. The van der Waals surface area contributed by atoms with Crippen molar-refractivity contribution < 1.29 is 29.2 Å². The van der Waals surface area contributed by atoms with Gasteiger partial charge in [-0.3, -0.25) is 4.79 Å². The molecule has 0 aliphatic rings. The van der Waals surface area contributed by atoms with Gasteiger partial charge in [-0.15, -0.1) is 0 Å². The summed E-state index contributed by atoms with van der Waals surface area (Å²) >= 11 is 1.69. The zero-order chi connectivity index (χ0) is 24.5. The zero-order valence-electron chi connectivity index (χ0n) is 19.8. The quantitative estimate of drug-likeness (QED) is 0.342. The second-order valence-corrected chi connectivity index (χ2v) is 9.06. The Labute approximate surface area is 204 Å². The third-order valence-corrected chi connectivity index (χ3v) is 6.70. The summed E-state index contributed by atoms with van der Waals surface area (Å²) in [4.78, 5) is 11.0. The Hall–Kier alpha value is -3.03. The van der Waals surface area contributed by atoms with Crippen LogP contribution in [0.4, 0.5) is 0 Å². The smallest absolute Gasteiger partial charge is 0.307 e. The Morgan fingerprint density at radius 1 is 0.941 bits per heavy atom. The molecule has 3 aromatic rings. The summed E-state index contributed by atoms with van der Waals surface area (Å²) in [6.07, 6.45) is 2.65. The maximum absolute atomic E-state index is 11.4. The molecule has 34 heavy (non-hydrogen) atoms. The van der Waals surface area contributed by atoms with Crippen molar-refractivity contribution in [2.45, 2.75) is 38.2 Å². The first-order valence-corrected chi connectivity index (χ1v) is 12.2. The van der Waals surface area contributed by atoms with Crippen LogP contribution in [0.25, 0.3) is 0 Å². The van der Waals surface area contributed by atoms with Crippen molar-refractivity contribution in [2.24, 2.45) is 5.92 Å². The molecule has 7 heteroatoms. The van der Waals surface area contributed by atoms with E-state index in [-0.39, 0.29) is 12.3 Å². The maximum atomic E-state index is 11.4. The third-order valence-electron chi connectivity index (χ3n) is 5.97. The van der Waals surface area contributed by atoms with Gasteiger partial charge >= 0.3 is 5.97 Å². The second-order valence-electron chi connectivity index (χ2n) is 8.28. The van der Waals surface area contributed by atoms with Gasteiger partial charge in [0.15, 0.2) is 11.5 Å². The van der Waals surface area contributed by atoms with E-state index in [1.165, 1.54) is 5.56 Å². The van der Waals surface area contributed by atoms with Gasteiger partial charge in [-0.2, -0.15) is 11.3 Å². The highest BCUT2D eigenvalue weighted by atomic mass is 32.1. The number of hydrogen-bond donors (Lipinski definition) is 2. The van der Waals surface area contributed by atoms with Crippen LogP contribution in [-0.2, 0) is 24.1 Å². The van der Waals surface area contributed by atoms with E-state index in [9.17, 15) is 9.90 Å². The Bertz CT molecular complexity index is 1020. The summed E-state index contributed by atoms with van der Waals surface area (Å²) in [7, 11) is 4.67. The lowest BCUT2D eigenvalue weighted by Crippen LogP contribution is -2.16. The number of benzene rings is 2. The fourth-order valence-corrected chi connectivity index (χ4v) is 4.89. The summed E-state index contributed by atoms with van der Waals surface area (Å²) < 4.78 is 16.4. The van der Waals surface area contributed by atoms with Crippen LogP contribution in [0.2, 0.25) is 0 Å². The largest absolute Gasteiger partial charge is 0.493 e. The Morgan fingerprint density at radius 3 is 2.12 bits per heavy atom. The highest BCUT2D eigenvalue weighted by Crippen LogP contribution is 2.42. The predicted molar refractivity (Wildman–Crippen MR) is 133 cm³/mol. The molecular weight excluding hydrogens is 452 g/mol. The van der Waals surface area contributed by atoms with Crippen molar-refractivity contribution in [3.05, 3.63) is 75.5 Å². The van der Waals surface area contributed by atoms with Gasteiger partial charge in [-0.25, -0.2) is 0 Å². The second kappa shape index (κ2) is 12.4. The number of ether oxygens (including phenoxy) is 3. The maximum Gasteiger partial charge on any atom is 0.307 e. The minimum absolute atomic E-state index is 0.00158. The van der Waals surface area contributed by atoms with Crippen LogP contribution in [0.3, 0.4) is 0 Å². The Kier molecular flexibility index (Phi) is 9.36. The molecule has 0 fully saturated rings.